The zero-order chi connectivity index (χ0) is 28.8. The summed E-state index contributed by atoms with van der Waals surface area (Å²) in [5.41, 5.74) is 1.38. The van der Waals surface area contributed by atoms with Gasteiger partial charge in [-0.05, 0) is 62.6 Å². The number of carbonyl (C=O) groups is 2. The number of aryl methyl sites for hydroxylation is 1. The van der Waals surface area contributed by atoms with Crippen molar-refractivity contribution in [2.45, 2.75) is 45.2 Å². The van der Waals surface area contributed by atoms with Crippen LogP contribution >= 0.6 is 0 Å². The van der Waals surface area contributed by atoms with Crippen LogP contribution in [0.2, 0.25) is 0 Å². The fraction of sp³-hybridized carbons (Fsp3) is 0.241. The molecule has 1 aliphatic heterocycles. The monoisotopic (exact) mass is 552 g/mol. The first-order valence-corrected chi connectivity index (χ1v) is 12.5. The summed E-state index contributed by atoms with van der Waals surface area (Å²) in [4.78, 5) is 38.0. The van der Waals surface area contributed by atoms with Gasteiger partial charge in [-0.1, -0.05) is 18.2 Å². The normalized spacial score (nSPS) is 17.4. The van der Waals surface area contributed by atoms with E-state index in [0.717, 1.165) is 17.7 Å². The van der Waals surface area contributed by atoms with Gasteiger partial charge < -0.3 is 15.1 Å². The van der Waals surface area contributed by atoms with Gasteiger partial charge in [-0.3, -0.25) is 9.59 Å². The molecule has 206 valence electrons. The predicted molar refractivity (Wildman–Crippen MR) is 138 cm³/mol. The Kier molecular flexibility index (Phi) is 6.82. The number of benzene rings is 2. The minimum Gasteiger partial charge on any atom is -0.460 e. The standard InChI is InChI=1S/C29H24F3N3O5/c1-15-6-3-4-7-19(15)34-28(37)25-16(2)33-20-8-5-9-22(36)26(20)27(25)24-13-12-23(40-24)18-11-10-17(29(30,31)32)14-21(18)35(38)39/h3-4,6-7,10-14,27H,5,8-9H2,1-2H3,(H2-,33,34,36,37,38,39)/p+1. The Morgan fingerprint density at radius 2 is 1.85 bits per heavy atom. The summed E-state index contributed by atoms with van der Waals surface area (Å²) in [6.45, 7) is 3.57. The molecule has 40 heavy (non-hydrogen) atoms. The second kappa shape index (κ2) is 10.1. The van der Waals surface area contributed by atoms with E-state index in [4.69, 9.17) is 4.42 Å². The van der Waals surface area contributed by atoms with E-state index in [-0.39, 0.29) is 34.9 Å². The van der Waals surface area contributed by atoms with Crippen LogP contribution in [0.15, 0.2) is 81.6 Å². The molecular weight excluding hydrogens is 527 g/mol. The molecule has 2 aromatic carbocycles. The number of furan rings is 1. The van der Waals surface area contributed by atoms with E-state index in [1.165, 1.54) is 12.1 Å². The number of dihydropyridines is 1. The number of carbonyl (C=O) groups excluding carboxylic acids is 2. The van der Waals surface area contributed by atoms with Gasteiger partial charge >= 0.3 is 11.9 Å². The average Bonchev–Trinajstić information content (AvgIpc) is 3.38. The van der Waals surface area contributed by atoms with Gasteiger partial charge in [0.2, 0.25) is 0 Å². The van der Waals surface area contributed by atoms with Gasteiger partial charge in [0.15, 0.2) is 5.78 Å². The molecule has 3 aromatic rings. The highest BCUT2D eigenvalue weighted by molar-refractivity contribution is 6.09. The molecule has 8 nitrogen and oxygen atoms in total. The molecule has 0 saturated heterocycles. The van der Waals surface area contributed by atoms with Crippen LogP contribution in [0.4, 0.5) is 24.5 Å². The molecule has 1 aliphatic carbocycles. The van der Waals surface area contributed by atoms with Gasteiger partial charge in [-0.25, -0.2) is 5.21 Å². The number of nitrogens with zero attached hydrogens (tertiary/aromatic N) is 1. The van der Waals surface area contributed by atoms with E-state index in [1.807, 2.05) is 19.1 Å². The number of nitrogens with one attached hydrogen (secondary N) is 2. The van der Waals surface area contributed by atoms with Crippen LogP contribution in [0, 0.1) is 11.8 Å². The third kappa shape index (κ3) is 4.90. The molecule has 0 bridgehead atoms. The number of allylic oxidation sites excluding steroid dienone is 3. The highest BCUT2D eigenvalue weighted by Crippen LogP contribution is 2.45. The van der Waals surface area contributed by atoms with Gasteiger partial charge in [0.05, 0.1) is 27.5 Å². The van der Waals surface area contributed by atoms with Crippen molar-refractivity contribution in [3.05, 3.63) is 98.9 Å². The Hall–Kier alpha value is -4.67. The maximum atomic E-state index is 13.7. The summed E-state index contributed by atoms with van der Waals surface area (Å²) in [5, 5.41) is 15.7. The average molecular weight is 553 g/mol. The van der Waals surface area contributed by atoms with Crippen LogP contribution in [-0.4, -0.2) is 21.8 Å². The number of rotatable bonds is 5. The Bertz CT molecular complexity index is 1620. The van der Waals surface area contributed by atoms with E-state index in [1.54, 1.807) is 19.1 Å². The molecule has 1 unspecified atom stereocenters. The summed E-state index contributed by atoms with van der Waals surface area (Å²) >= 11 is 0. The number of para-hydroxylation sites is 1. The summed E-state index contributed by atoms with van der Waals surface area (Å²) < 4.78 is 45.7. The number of halogens is 3. The molecular formula is C29H25F3N3O5+. The first-order chi connectivity index (χ1) is 19.0. The van der Waals surface area contributed by atoms with Gasteiger partial charge in [-0.2, -0.15) is 13.2 Å². The maximum Gasteiger partial charge on any atom is 0.416 e. The molecule has 1 amide bonds. The minimum atomic E-state index is -4.74. The highest BCUT2D eigenvalue weighted by Gasteiger charge is 2.41. The highest BCUT2D eigenvalue weighted by atomic mass is 19.4. The van der Waals surface area contributed by atoms with Crippen LogP contribution < -0.4 is 10.6 Å². The van der Waals surface area contributed by atoms with Crippen LogP contribution in [0.3, 0.4) is 0 Å². The van der Waals surface area contributed by atoms with E-state index in [2.05, 4.69) is 10.6 Å². The number of alkyl halides is 3. The van der Waals surface area contributed by atoms with Crippen LogP contribution in [0.25, 0.3) is 11.3 Å². The lowest BCUT2D eigenvalue weighted by molar-refractivity contribution is -0.729. The number of anilines is 1. The van der Waals surface area contributed by atoms with Crippen molar-refractivity contribution in [3.63, 3.8) is 0 Å². The molecule has 3 N–H and O–H groups in total. The summed E-state index contributed by atoms with van der Waals surface area (Å²) in [7, 11) is 0. The lowest BCUT2D eigenvalue weighted by Crippen LogP contribution is -2.35. The number of ketones is 1. The molecule has 1 aromatic heterocycles. The van der Waals surface area contributed by atoms with Crippen molar-refractivity contribution >= 4 is 23.1 Å². The third-order valence-electron chi connectivity index (χ3n) is 7.12. The molecule has 0 spiro atoms. The molecule has 2 heterocycles. The summed E-state index contributed by atoms with van der Waals surface area (Å²) in [6, 6.07) is 12.5. The predicted octanol–water partition coefficient (Wildman–Crippen LogP) is 6.68. The van der Waals surface area contributed by atoms with Crippen molar-refractivity contribution in [2.24, 2.45) is 0 Å². The van der Waals surface area contributed by atoms with Crippen LogP contribution in [0.1, 0.15) is 49.0 Å². The largest absolute Gasteiger partial charge is 0.460 e. The number of amides is 1. The Morgan fingerprint density at radius 1 is 1.10 bits per heavy atom. The fourth-order valence-electron chi connectivity index (χ4n) is 5.20. The first-order valence-electron chi connectivity index (χ1n) is 12.5. The molecule has 5 rings (SSSR count). The van der Waals surface area contributed by atoms with Crippen molar-refractivity contribution in [1.29, 1.82) is 0 Å². The SMILES string of the molecule is CC1=C(C(=O)Nc2ccccc2C)C(c2ccc(-c3ccc(C(F)(F)F)cc3[N+](=O)O)o2)C2=C(CCCC2=O)N1. The van der Waals surface area contributed by atoms with Crippen LogP contribution in [0.5, 0.6) is 0 Å². The minimum absolute atomic E-state index is 0.0196. The summed E-state index contributed by atoms with van der Waals surface area (Å²) in [6.07, 6.45) is -3.22. The Morgan fingerprint density at radius 3 is 2.55 bits per heavy atom. The van der Waals surface area contributed by atoms with E-state index in [9.17, 15) is 32.9 Å². The van der Waals surface area contributed by atoms with E-state index >= 15 is 0 Å². The Labute approximate surface area is 226 Å². The molecule has 0 fully saturated rings. The second-order valence-corrected chi connectivity index (χ2v) is 9.74. The molecule has 2 aliphatic rings. The van der Waals surface area contributed by atoms with Crippen molar-refractivity contribution < 1.29 is 37.3 Å². The maximum absolute atomic E-state index is 13.7. The van der Waals surface area contributed by atoms with Gasteiger partial charge in [0, 0.05) is 35.1 Å². The van der Waals surface area contributed by atoms with Crippen molar-refractivity contribution in [3.8, 4) is 11.3 Å². The fourth-order valence-corrected chi connectivity index (χ4v) is 5.20. The van der Waals surface area contributed by atoms with Crippen molar-refractivity contribution in [1.82, 2.24) is 5.32 Å². The number of Topliss-reactive ketones (excluding diaryl/α,β-unsaturated/α-hetero) is 1. The topological polar surface area (TPSA) is 112 Å². The smallest absolute Gasteiger partial charge is 0.416 e. The second-order valence-electron chi connectivity index (χ2n) is 9.74. The lowest BCUT2D eigenvalue weighted by atomic mass is 9.77. The molecule has 11 heteroatoms. The zero-order valence-electron chi connectivity index (χ0n) is 21.6. The zero-order valence-corrected chi connectivity index (χ0v) is 21.6. The van der Waals surface area contributed by atoms with E-state index < -0.39 is 34.2 Å². The van der Waals surface area contributed by atoms with Crippen LogP contribution in [-0.2, 0) is 15.8 Å². The quantitative estimate of drug-likeness (QED) is 0.305. The van der Waals surface area contributed by atoms with E-state index in [0.29, 0.717) is 41.6 Å². The van der Waals surface area contributed by atoms with Gasteiger partial charge in [0.1, 0.15) is 11.5 Å². The summed E-state index contributed by atoms with van der Waals surface area (Å²) in [5.74, 6) is -1.34. The third-order valence-corrected chi connectivity index (χ3v) is 7.12. The molecule has 0 radical (unpaired) electrons. The number of hydrogen-bond acceptors (Lipinski definition) is 5. The van der Waals surface area contributed by atoms with Gasteiger partial charge in [-0.15, -0.1) is 0 Å². The molecule has 0 saturated carbocycles. The number of hydrogen-bond donors (Lipinski definition) is 3. The van der Waals surface area contributed by atoms with Gasteiger partial charge in [0.25, 0.3) is 10.8 Å². The molecule has 1 atom stereocenters. The Balaban J connectivity index is 1.60. The van der Waals surface area contributed by atoms with Crippen molar-refractivity contribution in [2.75, 3.05) is 5.32 Å². The lowest BCUT2D eigenvalue weighted by Gasteiger charge is -2.33. The first kappa shape index (κ1) is 26.9.